The van der Waals surface area contributed by atoms with Crippen molar-refractivity contribution in [3.05, 3.63) is 59.7 Å². The molecule has 0 radical (unpaired) electrons. The molecule has 2 aromatic carbocycles. The molecule has 1 atom stereocenters. The number of hydrogen-bond acceptors (Lipinski definition) is 8. The summed E-state index contributed by atoms with van der Waals surface area (Å²) in [4.78, 5) is 39.1. The highest BCUT2D eigenvalue weighted by Gasteiger charge is 2.16. The summed E-state index contributed by atoms with van der Waals surface area (Å²) in [7, 11) is 5.39. The second-order valence-electron chi connectivity index (χ2n) is 9.66. The average Bonchev–Trinajstić information content (AvgIpc) is 2.94. The fourth-order valence-corrected chi connectivity index (χ4v) is 3.73. The van der Waals surface area contributed by atoms with Gasteiger partial charge in [0, 0.05) is 27.1 Å². The number of benzene rings is 2. The van der Waals surface area contributed by atoms with E-state index in [1.807, 2.05) is 49.3 Å². The molecule has 220 valence electrons. The van der Waals surface area contributed by atoms with Gasteiger partial charge in [0.15, 0.2) is 0 Å². The maximum Gasteiger partial charge on any atom is 0.411 e. The van der Waals surface area contributed by atoms with Crippen LogP contribution in [0.4, 0.5) is 10.5 Å². The van der Waals surface area contributed by atoms with Crippen LogP contribution in [0.15, 0.2) is 48.5 Å². The monoisotopic (exact) mass is 557 g/mol. The van der Waals surface area contributed by atoms with Crippen LogP contribution in [0.5, 0.6) is 5.75 Å². The van der Waals surface area contributed by atoms with Gasteiger partial charge in [0.2, 0.25) is 5.91 Å². The predicted molar refractivity (Wildman–Crippen MR) is 153 cm³/mol. The van der Waals surface area contributed by atoms with Crippen molar-refractivity contribution in [2.24, 2.45) is 0 Å². The van der Waals surface area contributed by atoms with Gasteiger partial charge in [-0.25, -0.2) is 4.79 Å². The van der Waals surface area contributed by atoms with Gasteiger partial charge < -0.3 is 34.0 Å². The van der Waals surface area contributed by atoms with E-state index >= 15 is 0 Å². The van der Waals surface area contributed by atoms with Gasteiger partial charge in [-0.3, -0.25) is 9.69 Å². The van der Waals surface area contributed by atoms with Crippen LogP contribution in [0.1, 0.15) is 37.3 Å². The first-order chi connectivity index (χ1) is 19.3. The number of carbonyl (C=O) groups excluding carboxylic acids is 3. The zero-order valence-corrected chi connectivity index (χ0v) is 24.1. The number of likely N-dealkylation sites (N-methyl/N-ethyl adjacent to an activating group) is 1. The summed E-state index contributed by atoms with van der Waals surface area (Å²) in [6.07, 6.45) is 2.77. The van der Waals surface area contributed by atoms with Crippen molar-refractivity contribution >= 4 is 24.0 Å². The van der Waals surface area contributed by atoms with Crippen LogP contribution in [0.3, 0.4) is 0 Å². The molecule has 0 aliphatic carbocycles. The van der Waals surface area contributed by atoms with Gasteiger partial charge in [0.25, 0.3) is 0 Å². The summed E-state index contributed by atoms with van der Waals surface area (Å²) in [6.45, 7) is 3.60. The molecule has 0 heterocycles. The highest BCUT2D eigenvalue weighted by Crippen LogP contribution is 2.27. The Morgan fingerprint density at radius 1 is 1.00 bits per heavy atom. The fourth-order valence-electron chi connectivity index (χ4n) is 3.73. The summed E-state index contributed by atoms with van der Waals surface area (Å²) in [5, 5.41) is 2.78. The first-order valence-electron chi connectivity index (χ1n) is 13.5. The fraction of sp³-hybridized carbons (Fsp3) is 0.500. The van der Waals surface area contributed by atoms with Crippen LogP contribution in [-0.2, 0) is 36.8 Å². The Labute approximate surface area is 237 Å². The van der Waals surface area contributed by atoms with Crippen LogP contribution in [0, 0.1) is 0 Å². The van der Waals surface area contributed by atoms with E-state index in [9.17, 15) is 14.4 Å². The van der Waals surface area contributed by atoms with E-state index < -0.39 is 12.2 Å². The van der Waals surface area contributed by atoms with E-state index in [1.165, 1.54) is 24.5 Å². The second kappa shape index (κ2) is 18.8. The smallest absolute Gasteiger partial charge is 0.411 e. The minimum absolute atomic E-state index is 0.0261. The average molecular weight is 558 g/mol. The van der Waals surface area contributed by atoms with Crippen molar-refractivity contribution < 1.29 is 33.3 Å². The van der Waals surface area contributed by atoms with Crippen molar-refractivity contribution in [3.63, 3.8) is 0 Å². The molecule has 2 aromatic rings. The molecule has 0 saturated heterocycles. The first kappa shape index (κ1) is 32.7. The highest BCUT2D eigenvalue weighted by molar-refractivity contribution is 5.90. The number of amides is 2. The molecule has 2 amide bonds. The first-order valence-corrected chi connectivity index (χ1v) is 13.5. The number of carbonyl (C=O) groups is 3. The summed E-state index contributed by atoms with van der Waals surface area (Å²) in [5.41, 5.74) is 2.37. The quantitative estimate of drug-likeness (QED) is 0.156. The molecule has 0 bridgehead atoms. The third kappa shape index (κ3) is 13.1. The SMILES string of the molecule is COC(C=O)CCCCOc1ccc(COC(=O)N(CCN(C)C)COCCc2ccccc2)cc1NC(C)=O. The Morgan fingerprint density at radius 3 is 2.45 bits per heavy atom. The number of hydrogen-bond donors (Lipinski definition) is 1. The van der Waals surface area contributed by atoms with Crippen molar-refractivity contribution in [3.8, 4) is 5.75 Å². The van der Waals surface area contributed by atoms with E-state index in [-0.39, 0.29) is 19.2 Å². The van der Waals surface area contributed by atoms with Crippen LogP contribution in [0.25, 0.3) is 0 Å². The zero-order valence-electron chi connectivity index (χ0n) is 24.1. The molecule has 10 heteroatoms. The normalized spacial score (nSPS) is 11.6. The minimum atomic E-state index is -0.479. The summed E-state index contributed by atoms with van der Waals surface area (Å²) in [5.74, 6) is 0.277. The molecule has 0 spiro atoms. The number of unbranched alkanes of at least 4 members (excludes halogenated alkanes) is 1. The van der Waals surface area contributed by atoms with E-state index in [2.05, 4.69) is 5.32 Å². The molecule has 10 nitrogen and oxygen atoms in total. The van der Waals surface area contributed by atoms with E-state index in [0.29, 0.717) is 49.7 Å². The Balaban J connectivity index is 1.91. The predicted octanol–water partition coefficient (Wildman–Crippen LogP) is 4.13. The largest absolute Gasteiger partial charge is 0.491 e. The standard InChI is InChI=1S/C30H43N3O7/c1-24(35)31-28-20-26(13-14-29(28)39-18-9-8-12-27(21-34)37-4)22-40-30(36)33(17-16-32(2)3)23-38-19-15-25-10-6-5-7-11-25/h5-7,10-11,13-14,20-21,27H,8-9,12,15-19,22-23H2,1-4H3,(H,31,35). The van der Waals surface area contributed by atoms with Gasteiger partial charge >= 0.3 is 6.09 Å². The Hall–Kier alpha value is -3.47. The molecule has 40 heavy (non-hydrogen) atoms. The Kier molecular flexibility index (Phi) is 15.3. The summed E-state index contributed by atoms with van der Waals surface area (Å²) < 4.78 is 22.3. The highest BCUT2D eigenvalue weighted by atomic mass is 16.6. The minimum Gasteiger partial charge on any atom is -0.491 e. The maximum absolute atomic E-state index is 12.9. The second-order valence-corrected chi connectivity index (χ2v) is 9.66. The molecule has 0 fully saturated rings. The molecule has 0 saturated carbocycles. The van der Waals surface area contributed by atoms with Gasteiger partial charge in [0.05, 0.1) is 18.9 Å². The topological polar surface area (TPSA) is 107 Å². The van der Waals surface area contributed by atoms with Crippen LogP contribution in [0.2, 0.25) is 0 Å². The van der Waals surface area contributed by atoms with Gasteiger partial charge in [-0.1, -0.05) is 36.4 Å². The van der Waals surface area contributed by atoms with Crippen LogP contribution in [-0.4, -0.2) is 88.4 Å². The van der Waals surface area contributed by atoms with E-state index in [1.54, 1.807) is 18.2 Å². The molecule has 0 aromatic heterocycles. The number of methoxy groups -OCH3 is 1. The molecule has 0 aliphatic rings. The summed E-state index contributed by atoms with van der Waals surface area (Å²) >= 11 is 0. The molecular weight excluding hydrogens is 514 g/mol. The third-order valence-corrected chi connectivity index (χ3v) is 6.01. The van der Waals surface area contributed by atoms with Crippen molar-refractivity contribution in [1.29, 1.82) is 0 Å². The number of nitrogens with one attached hydrogen (secondary N) is 1. The Morgan fingerprint density at radius 2 is 1.77 bits per heavy atom. The van der Waals surface area contributed by atoms with Gasteiger partial charge in [0.1, 0.15) is 31.5 Å². The number of anilines is 1. The Bertz CT molecular complexity index is 1030. The van der Waals surface area contributed by atoms with Crippen molar-refractivity contribution in [2.75, 3.05) is 59.6 Å². The lowest BCUT2D eigenvalue weighted by Gasteiger charge is -2.24. The molecular formula is C30H43N3O7. The van der Waals surface area contributed by atoms with Gasteiger partial charge in [-0.15, -0.1) is 0 Å². The van der Waals surface area contributed by atoms with Crippen molar-refractivity contribution in [1.82, 2.24) is 9.80 Å². The lowest BCUT2D eigenvalue weighted by molar-refractivity contribution is -0.116. The summed E-state index contributed by atoms with van der Waals surface area (Å²) in [6, 6.07) is 15.3. The molecule has 1 unspecified atom stereocenters. The van der Waals surface area contributed by atoms with E-state index in [4.69, 9.17) is 18.9 Å². The third-order valence-electron chi connectivity index (χ3n) is 6.01. The lowest BCUT2D eigenvalue weighted by atomic mass is 10.1. The van der Waals surface area contributed by atoms with Gasteiger partial charge in [-0.2, -0.15) is 0 Å². The number of rotatable bonds is 19. The van der Waals surface area contributed by atoms with E-state index in [0.717, 1.165) is 25.5 Å². The molecule has 2 rings (SSSR count). The number of aldehydes is 1. The van der Waals surface area contributed by atoms with Crippen LogP contribution < -0.4 is 10.1 Å². The van der Waals surface area contributed by atoms with Crippen molar-refractivity contribution in [2.45, 2.75) is 45.3 Å². The molecule has 1 N–H and O–H groups in total. The maximum atomic E-state index is 12.9. The van der Waals surface area contributed by atoms with Crippen LogP contribution >= 0.6 is 0 Å². The number of nitrogens with zero attached hydrogens (tertiary/aromatic N) is 2. The molecule has 0 aliphatic heterocycles. The lowest BCUT2D eigenvalue weighted by Crippen LogP contribution is -2.38. The zero-order chi connectivity index (χ0) is 29.2. The van der Waals surface area contributed by atoms with Gasteiger partial charge in [-0.05, 0) is 63.0 Å². The number of ether oxygens (including phenoxy) is 4.